The Kier molecular flexibility index (Phi) is 4.94. The lowest BCUT2D eigenvalue weighted by atomic mass is 9.54. The number of hydrogen-bond acceptors (Lipinski definition) is 2. The number of nitrogens with zero attached hydrogens (tertiary/aromatic N) is 2. The first kappa shape index (κ1) is 19.2. The zero-order valence-electron chi connectivity index (χ0n) is 17.4. The molecule has 1 saturated carbocycles. The molecule has 1 aliphatic carbocycles. The monoisotopic (exact) mass is 406 g/mol. The Morgan fingerprint density at radius 1 is 1.07 bits per heavy atom. The molecule has 2 aromatic rings. The third kappa shape index (κ3) is 2.79. The number of halogens is 1. The second-order valence-corrected chi connectivity index (χ2v) is 9.44. The van der Waals surface area contributed by atoms with Crippen LogP contribution in [0, 0.1) is 5.41 Å². The largest absolute Gasteiger partial charge is 0.363 e. The minimum atomic E-state index is 0.103. The highest BCUT2D eigenvalue weighted by Crippen LogP contribution is 2.60. The second kappa shape index (κ2) is 7.47. The van der Waals surface area contributed by atoms with E-state index in [0.717, 1.165) is 31.8 Å². The van der Waals surface area contributed by atoms with Crippen LogP contribution in [0.4, 0.5) is 5.69 Å². The van der Waals surface area contributed by atoms with Gasteiger partial charge in [0.05, 0.1) is 5.41 Å². The number of para-hydroxylation sites is 1. The van der Waals surface area contributed by atoms with Crippen LogP contribution in [0.25, 0.3) is 0 Å². The molecule has 3 heteroatoms. The molecule has 0 radical (unpaired) electrons. The smallest absolute Gasteiger partial charge is 0.0578 e. The molecule has 5 rings (SSSR count). The molecule has 2 aromatic carbocycles. The van der Waals surface area contributed by atoms with E-state index in [1.807, 2.05) is 0 Å². The number of benzene rings is 2. The van der Waals surface area contributed by atoms with Gasteiger partial charge < -0.3 is 4.90 Å². The summed E-state index contributed by atoms with van der Waals surface area (Å²) in [6.45, 7) is 4.33. The van der Waals surface area contributed by atoms with Gasteiger partial charge in [-0.3, -0.25) is 4.99 Å². The first-order chi connectivity index (χ1) is 14.2. The van der Waals surface area contributed by atoms with Gasteiger partial charge in [-0.1, -0.05) is 55.5 Å². The molecule has 2 aliphatic heterocycles. The third-order valence-electron chi connectivity index (χ3n) is 7.90. The normalized spacial score (nSPS) is 29.9. The fourth-order valence-electron chi connectivity index (χ4n) is 6.62. The maximum atomic E-state index is 6.14. The van der Waals surface area contributed by atoms with Gasteiger partial charge in [0.1, 0.15) is 0 Å². The molecule has 1 fully saturated rings. The van der Waals surface area contributed by atoms with Crippen LogP contribution < -0.4 is 4.90 Å². The average Bonchev–Trinajstić information content (AvgIpc) is 3.34. The lowest BCUT2D eigenvalue weighted by molar-refractivity contribution is 0.242. The lowest BCUT2D eigenvalue weighted by Gasteiger charge is -2.50. The molecule has 2 heterocycles. The number of fused-ring (bicyclic) bond motifs is 1. The van der Waals surface area contributed by atoms with Gasteiger partial charge >= 0.3 is 0 Å². The molecule has 0 saturated heterocycles. The van der Waals surface area contributed by atoms with Gasteiger partial charge in [0, 0.05) is 41.8 Å². The first-order valence-electron chi connectivity index (χ1n) is 11.3. The van der Waals surface area contributed by atoms with Crippen molar-refractivity contribution in [2.45, 2.75) is 63.5 Å². The summed E-state index contributed by atoms with van der Waals surface area (Å²) in [6, 6.07) is 20.6. The highest BCUT2D eigenvalue weighted by atomic mass is 35.5. The van der Waals surface area contributed by atoms with Crippen LogP contribution in [0.2, 0.25) is 0 Å². The zero-order chi connectivity index (χ0) is 19.9. The minimum Gasteiger partial charge on any atom is -0.363 e. The van der Waals surface area contributed by atoms with Crippen LogP contribution in [0.15, 0.2) is 59.6 Å². The second-order valence-electron chi connectivity index (χ2n) is 9.06. The Morgan fingerprint density at radius 2 is 1.86 bits per heavy atom. The van der Waals surface area contributed by atoms with Gasteiger partial charge in [-0.2, -0.15) is 0 Å². The highest BCUT2D eigenvalue weighted by molar-refractivity contribution is 6.17. The summed E-state index contributed by atoms with van der Waals surface area (Å²) >= 11 is 6.14. The van der Waals surface area contributed by atoms with Gasteiger partial charge in [0.2, 0.25) is 0 Å². The first-order valence-corrected chi connectivity index (χ1v) is 11.8. The van der Waals surface area contributed by atoms with Crippen molar-refractivity contribution in [3.63, 3.8) is 0 Å². The Balaban J connectivity index is 1.60. The predicted molar refractivity (Wildman–Crippen MR) is 123 cm³/mol. The van der Waals surface area contributed by atoms with Crippen LogP contribution in [0.3, 0.4) is 0 Å². The SMILES string of the molecule is CC[C@]1(CCCCl)CC[C@H]2N(Cc3ccccc3)c3ccccc3[C@]23CCN=C13. The van der Waals surface area contributed by atoms with Crippen molar-refractivity contribution in [1.82, 2.24) is 0 Å². The van der Waals surface area contributed by atoms with Crippen molar-refractivity contribution in [3.8, 4) is 0 Å². The molecule has 29 heavy (non-hydrogen) atoms. The summed E-state index contributed by atoms with van der Waals surface area (Å²) in [5.41, 5.74) is 6.20. The molecule has 0 unspecified atom stereocenters. The standard InChI is InChI=1S/C26H31ClN2/c1-2-25(14-8-17-27)15-13-23-26(16-18-28-24(25)26)21-11-6-7-12-22(21)29(23)19-20-9-4-3-5-10-20/h3-7,9-12,23H,2,8,13-19H2,1H3/t23-,25+,26-/m1/s1. The van der Waals surface area contributed by atoms with E-state index >= 15 is 0 Å². The van der Waals surface area contributed by atoms with Crippen molar-refractivity contribution in [2.24, 2.45) is 10.4 Å². The topological polar surface area (TPSA) is 15.6 Å². The molecule has 1 spiro atoms. The van der Waals surface area contributed by atoms with Crippen LogP contribution >= 0.6 is 11.6 Å². The van der Waals surface area contributed by atoms with Crippen molar-refractivity contribution in [3.05, 3.63) is 65.7 Å². The van der Waals surface area contributed by atoms with Crippen LogP contribution in [0.1, 0.15) is 56.6 Å². The van der Waals surface area contributed by atoms with Crippen molar-refractivity contribution in [1.29, 1.82) is 0 Å². The quantitative estimate of drug-likeness (QED) is 0.509. The van der Waals surface area contributed by atoms with Crippen LogP contribution in [-0.4, -0.2) is 24.2 Å². The summed E-state index contributed by atoms with van der Waals surface area (Å²) in [5, 5.41) is 0. The Morgan fingerprint density at radius 3 is 2.66 bits per heavy atom. The maximum absolute atomic E-state index is 6.14. The van der Waals surface area contributed by atoms with Crippen molar-refractivity contribution < 1.29 is 0 Å². The fraction of sp³-hybridized carbons (Fsp3) is 0.500. The Labute approximate surface area is 180 Å². The number of rotatable bonds is 6. The molecule has 0 N–H and O–H groups in total. The lowest BCUT2D eigenvalue weighted by Crippen LogP contribution is -2.57. The van der Waals surface area contributed by atoms with Crippen molar-refractivity contribution >= 4 is 23.0 Å². The minimum absolute atomic E-state index is 0.103. The molecular weight excluding hydrogens is 376 g/mol. The number of aliphatic imine (C=N–C) groups is 1. The molecule has 152 valence electrons. The van der Waals surface area contributed by atoms with E-state index in [1.54, 1.807) is 0 Å². The van der Waals surface area contributed by atoms with E-state index in [1.165, 1.54) is 48.2 Å². The summed E-state index contributed by atoms with van der Waals surface area (Å²) in [6.07, 6.45) is 7.10. The van der Waals surface area contributed by atoms with Crippen molar-refractivity contribution in [2.75, 3.05) is 17.3 Å². The number of hydrogen-bond donors (Lipinski definition) is 0. The summed E-state index contributed by atoms with van der Waals surface area (Å²) in [5.74, 6) is 0.752. The molecule has 0 aromatic heterocycles. The predicted octanol–water partition coefficient (Wildman–Crippen LogP) is 6.37. The van der Waals surface area contributed by atoms with Gasteiger partial charge in [0.25, 0.3) is 0 Å². The Hall–Kier alpha value is -1.80. The summed E-state index contributed by atoms with van der Waals surface area (Å²) in [7, 11) is 0. The van der Waals surface area contributed by atoms with E-state index in [4.69, 9.17) is 16.6 Å². The van der Waals surface area contributed by atoms with E-state index in [2.05, 4.69) is 66.4 Å². The highest BCUT2D eigenvalue weighted by Gasteiger charge is 2.62. The third-order valence-corrected chi connectivity index (χ3v) is 8.17. The molecular formula is C26H31ClN2. The summed E-state index contributed by atoms with van der Waals surface area (Å²) < 4.78 is 0. The summed E-state index contributed by atoms with van der Waals surface area (Å²) in [4.78, 5) is 7.96. The van der Waals surface area contributed by atoms with E-state index in [0.29, 0.717) is 6.04 Å². The van der Waals surface area contributed by atoms with Gasteiger partial charge in [0.15, 0.2) is 0 Å². The maximum Gasteiger partial charge on any atom is 0.0578 e. The van der Waals surface area contributed by atoms with Crippen LogP contribution in [0.5, 0.6) is 0 Å². The molecule has 0 amide bonds. The molecule has 0 bridgehead atoms. The molecule has 3 aliphatic rings. The van der Waals surface area contributed by atoms with E-state index in [9.17, 15) is 0 Å². The zero-order valence-corrected chi connectivity index (χ0v) is 18.2. The Bertz CT molecular complexity index is 908. The molecule has 2 nitrogen and oxygen atoms in total. The van der Waals surface area contributed by atoms with Crippen LogP contribution in [-0.2, 0) is 12.0 Å². The number of anilines is 1. The van der Waals surface area contributed by atoms with E-state index in [-0.39, 0.29) is 10.8 Å². The van der Waals surface area contributed by atoms with Gasteiger partial charge in [-0.05, 0) is 55.7 Å². The average molecular weight is 407 g/mol. The van der Waals surface area contributed by atoms with Gasteiger partial charge in [-0.15, -0.1) is 11.6 Å². The molecule has 3 atom stereocenters. The number of alkyl halides is 1. The van der Waals surface area contributed by atoms with Gasteiger partial charge in [-0.25, -0.2) is 0 Å². The van der Waals surface area contributed by atoms with E-state index < -0.39 is 0 Å². The fourth-order valence-corrected chi connectivity index (χ4v) is 6.76.